The highest BCUT2D eigenvalue weighted by Gasteiger charge is 2.47. The predicted molar refractivity (Wildman–Crippen MR) is 95.1 cm³/mol. The van der Waals surface area contributed by atoms with Gasteiger partial charge in [-0.05, 0) is 49.4 Å². The van der Waals surface area contributed by atoms with Crippen molar-refractivity contribution in [3.63, 3.8) is 0 Å². The van der Waals surface area contributed by atoms with E-state index in [2.05, 4.69) is 5.32 Å². The number of anilines is 1. The third-order valence-corrected chi connectivity index (χ3v) is 5.89. The minimum absolute atomic E-state index is 0.0291. The number of rotatable bonds is 3. The van der Waals surface area contributed by atoms with E-state index in [4.69, 9.17) is 0 Å². The Morgan fingerprint density at radius 3 is 2.50 bits per heavy atom. The van der Waals surface area contributed by atoms with Crippen LogP contribution >= 0.6 is 0 Å². The number of nitrogens with one attached hydrogen (secondary N) is 1. The van der Waals surface area contributed by atoms with Crippen LogP contribution in [0.5, 0.6) is 0 Å². The number of likely N-dealkylation sites (tertiary alicyclic amines) is 1. The molecule has 2 aliphatic heterocycles. The number of hydrogen-bond donors (Lipinski definition) is 2. The second-order valence-corrected chi connectivity index (χ2v) is 7.34. The van der Waals surface area contributed by atoms with Gasteiger partial charge in [-0.2, -0.15) is 0 Å². The number of nitrogens with zero attached hydrogens (tertiary/aromatic N) is 2. The maximum atomic E-state index is 13.1. The van der Waals surface area contributed by atoms with Crippen molar-refractivity contribution in [1.29, 1.82) is 0 Å². The van der Waals surface area contributed by atoms with Gasteiger partial charge in [0, 0.05) is 30.4 Å². The molecule has 26 heavy (non-hydrogen) atoms. The first-order chi connectivity index (χ1) is 12.6. The lowest BCUT2D eigenvalue weighted by Gasteiger charge is -2.33. The molecule has 2 saturated heterocycles. The number of carboxylic acids is 1. The summed E-state index contributed by atoms with van der Waals surface area (Å²) in [7, 11) is 0. The normalized spacial score (nSPS) is 28.0. The van der Waals surface area contributed by atoms with Crippen molar-refractivity contribution in [3.8, 4) is 0 Å². The number of fused-ring (bicyclic) bond motifs is 1. The second-order valence-electron chi connectivity index (χ2n) is 7.34. The van der Waals surface area contributed by atoms with E-state index >= 15 is 0 Å². The van der Waals surface area contributed by atoms with Crippen LogP contribution in [-0.2, 0) is 4.79 Å². The Bertz CT molecular complexity index is 733. The Hall–Kier alpha value is -2.57. The van der Waals surface area contributed by atoms with E-state index < -0.39 is 12.0 Å². The van der Waals surface area contributed by atoms with Gasteiger partial charge < -0.3 is 15.3 Å². The molecule has 7 heteroatoms. The summed E-state index contributed by atoms with van der Waals surface area (Å²) in [5.41, 5.74) is 1.22. The third-order valence-electron chi connectivity index (χ3n) is 5.89. The topological polar surface area (TPSA) is 89.9 Å². The standard InChI is InChI=1S/C19H23N3O4/c23-17(12-5-7-14(8-6-12)21-10-9-20-19(21)26)22-15-4-2-1-3-13(15)11-16(22)18(24)25/h5-8,13,15-16H,1-4,9-11H2,(H,20,26)(H,24,25). The summed E-state index contributed by atoms with van der Waals surface area (Å²) in [6.07, 6.45) is 4.59. The summed E-state index contributed by atoms with van der Waals surface area (Å²) in [6.45, 7) is 1.21. The molecular weight excluding hydrogens is 334 g/mol. The zero-order chi connectivity index (χ0) is 18.3. The van der Waals surface area contributed by atoms with Crippen molar-refractivity contribution in [2.75, 3.05) is 18.0 Å². The number of amides is 3. The van der Waals surface area contributed by atoms with Crippen molar-refractivity contribution in [2.45, 2.75) is 44.2 Å². The maximum Gasteiger partial charge on any atom is 0.326 e. The van der Waals surface area contributed by atoms with Gasteiger partial charge in [-0.15, -0.1) is 0 Å². The van der Waals surface area contributed by atoms with Crippen LogP contribution in [0.25, 0.3) is 0 Å². The van der Waals surface area contributed by atoms with Crippen molar-refractivity contribution in [1.82, 2.24) is 10.2 Å². The summed E-state index contributed by atoms with van der Waals surface area (Å²) >= 11 is 0. The molecule has 1 aromatic carbocycles. The number of carboxylic acid groups (broad SMARTS) is 1. The van der Waals surface area contributed by atoms with E-state index in [0.29, 0.717) is 31.0 Å². The number of aliphatic carboxylic acids is 1. The van der Waals surface area contributed by atoms with Crippen molar-refractivity contribution >= 4 is 23.6 Å². The summed E-state index contributed by atoms with van der Waals surface area (Å²) in [4.78, 5) is 39.8. The van der Waals surface area contributed by atoms with Crippen LogP contribution in [0.15, 0.2) is 24.3 Å². The van der Waals surface area contributed by atoms with E-state index in [-0.39, 0.29) is 18.0 Å². The molecule has 3 atom stereocenters. The fourth-order valence-corrected chi connectivity index (χ4v) is 4.62. The minimum Gasteiger partial charge on any atom is -0.480 e. The molecular formula is C19H23N3O4. The van der Waals surface area contributed by atoms with Gasteiger partial charge in [0.1, 0.15) is 6.04 Å². The van der Waals surface area contributed by atoms with E-state index in [0.717, 1.165) is 31.4 Å². The predicted octanol–water partition coefficient (Wildman–Crippen LogP) is 2.07. The molecule has 0 aromatic heterocycles. The van der Waals surface area contributed by atoms with Crippen LogP contribution in [0.2, 0.25) is 0 Å². The maximum absolute atomic E-state index is 13.1. The second kappa shape index (κ2) is 6.63. The van der Waals surface area contributed by atoms with Gasteiger partial charge in [0.2, 0.25) is 0 Å². The molecule has 2 N–H and O–H groups in total. The molecule has 3 unspecified atom stereocenters. The highest BCUT2D eigenvalue weighted by atomic mass is 16.4. The van der Waals surface area contributed by atoms with Crippen LogP contribution in [0.3, 0.4) is 0 Å². The molecule has 0 bridgehead atoms. The van der Waals surface area contributed by atoms with Gasteiger partial charge in [-0.25, -0.2) is 9.59 Å². The monoisotopic (exact) mass is 357 g/mol. The zero-order valence-corrected chi connectivity index (χ0v) is 14.6. The van der Waals surface area contributed by atoms with Gasteiger partial charge >= 0.3 is 12.0 Å². The molecule has 7 nitrogen and oxygen atoms in total. The summed E-state index contributed by atoms with van der Waals surface area (Å²) in [5.74, 6) is -0.844. The van der Waals surface area contributed by atoms with Gasteiger partial charge in [0.15, 0.2) is 0 Å². The summed E-state index contributed by atoms with van der Waals surface area (Å²) in [6, 6.07) is 6.04. The Balaban J connectivity index is 1.57. The zero-order valence-electron chi connectivity index (χ0n) is 14.6. The van der Waals surface area contributed by atoms with Gasteiger partial charge in [-0.1, -0.05) is 12.8 Å². The molecule has 4 rings (SSSR count). The van der Waals surface area contributed by atoms with Gasteiger partial charge in [0.05, 0.1) is 0 Å². The first-order valence-corrected chi connectivity index (χ1v) is 9.27. The molecule has 3 amide bonds. The number of carbonyl (C=O) groups excluding carboxylic acids is 2. The number of hydrogen-bond acceptors (Lipinski definition) is 3. The molecule has 1 aliphatic carbocycles. The largest absolute Gasteiger partial charge is 0.480 e. The Kier molecular flexibility index (Phi) is 4.30. The van der Waals surface area contributed by atoms with Crippen LogP contribution in [0.1, 0.15) is 42.5 Å². The summed E-state index contributed by atoms with van der Waals surface area (Å²) < 4.78 is 0. The molecule has 138 valence electrons. The minimum atomic E-state index is -0.918. The van der Waals surface area contributed by atoms with Crippen molar-refractivity contribution < 1.29 is 19.5 Å². The van der Waals surface area contributed by atoms with E-state index in [1.54, 1.807) is 34.1 Å². The van der Waals surface area contributed by atoms with Crippen LogP contribution in [-0.4, -0.2) is 53.1 Å². The lowest BCUT2D eigenvalue weighted by molar-refractivity contribution is -0.141. The Morgan fingerprint density at radius 2 is 1.85 bits per heavy atom. The summed E-state index contributed by atoms with van der Waals surface area (Å²) in [5, 5.41) is 12.3. The smallest absolute Gasteiger partial charge is 0.326 e. The average molecular weight is 357 g/mol. The molecule has 0 radical (unpaired) electrons. The Labute approximate surface area is 152 Å². The van der Waals surface area contributed by atoms with Crippen molar-refractivity contribution in [2.24, 2.45) is 5.92 Å². The molecule has 3 aliphatic rings. The van der Waals surface area contributed by atoms with E-state index in [9.17, 15) is 19.5 Å². The molecule has 1 aromatic rings. The van der Waals surface area contributed by atoms with E-state index in [1.807, 2.05) is 0 Å². The molecule has 2 heterocycles. The van der Waals surface area contributed by atoms with Gasteiger partial charge in [0.25, 0.3) is 5.91 Å². The Morgan fingerprint density at radius 1 is 1.12 bits per heavy atom. The fourth-order valence-electron chi connectivity index (χ4n) is 4.62. The SMILES string of the molecule is O=C(O)C1CC2CCCCC2N1C(=O)c1ccc(N2CCNC2=O)cc1. The highest BCUT2D eigenvalue weighted by Crippen LogP contribution is 2.40. The lowest BCUT2D eigenvalue weighted by Crippen LogP contribution is -2.46. The third kappa shape index (κ3) is 2.81. The number of carbonyl (C=O) groups is 3. The van der Waals surface area contributed by atoms with Crippen LogP contribution < -0.4 is 10.2 Å². The first kappa shape index (κ1) is 16.9. The molecule has 0 spiro atoms. The number of benzene rings is 1. The van der Waals surface area contributed by atoms with Crippen LogP contribution in [0.4, 0.5) is 10.5 Å². The van der Waals surface area contributed by atoms with Gasteiger partial charge in [-0.3, -0.25) is 9.69 Å². The molecule has 3 fully saturated rings. The quantitative estimate of drug-likeness (QED) is 0.867. The highest BCUT2D eigenvalue weighted by molar-refractivity contribution is 5.99. The van der Waals surface area contributed by atoms with E-state index in [1.165, 1.54) is 0 Å². The first-order valence-electron chi connectivity index (χ1n) is 9.27. The average Bonchev–Trinajstić information content (AvgIpc) is 3.25. The number of urea groups is 1. The fraction of sp³-hybridized carbons (Fsp3) is 0.526. The molecule has 1 saturated carbocycles. The van der Waals surface area contributed by atoms with Crippen molar-refractivity contribution in [3.05, 3.63) is 29.8 Å². The lowest BCUT2D eigenvalue weighted by atomic mass is 9.84. The van der Waals surface area contributed by atoms with Crippen LogP contribution in [0, 0.1) is 5.92 Å².